The van der Waals surface area contributed by atoms with Crippen molar-refractivity contribution in [1.29, 1.82) is 0 Å². The molecule has 2 heteroatoms. The topological polar surface area (TPSA) is 19.9 Å². The van der Waals surface area contributed by atoms with Crippen molar-refractivity contribution in [3.8, 4) is 0 Å². The van der Waals surface area contributed by atoms with Gasteiger partial charge in [0.25, 0.3) is 0 Å². The zero-order valence-electron chi connectivity index (χ0n) is 8.26. The molecule has 1 nitrogen and oxygen atoms in total. The summed E-state index contributed by atoms with van der Waals surface area (Å²) in [7, 11) is 0. The summed E-state index contributed by atoms with van der Waals surface area (Å²) >= 11 is 5.11. The normalized spacial score (nSPS) is 28.1. The summed E-state index contributed by atoms with van der Waals surface area (Å²) in [6, 6.07) is 0. The van der Waals surface area contributed by atoms with E-state index < -0.39 is 6.10 Å². The number of rotatable bonds is 0. The van der Waals surface area contributed by atoms with Crippen molar-refractivity contribution in [1.82, 2.24) is 0 Å². The molecule has 0 heterocycles. The fourth-order valence-corrected chi connectivity index (χ4v) is 2.10. The second kappa shape index (κ2) is 6.50. The first-order valence-corrected chi connectivity index (χ1v) is 5.90. The van der Waals surface area contributed by atoms with Crippen molar-refractivity contribution in [2.75, 3.05) is 0 Å². The molecular weight excluding hydrogens is 180 g/mol. The van der Waals surface area contributed by atoms with Gasteiger partial charge in [-0.1, -0.05) is 50.7 Å². The molecule has 0 N–H and O–H groups in total. The maximum atomic E-state index is 11.5. The van der Waals surface area contributed by atoms with Crippen molar-refractivity contribution in [2.24, 2.45) is 0 Å². The van der Waals surface area contributed by atoms with Gasteiger partial charge in [0.1, 0.15) is 6.10 Å². The summed E-state index contributed by atoms with van der Waals surface area (Å²) in [6.07, 6.45) is 9.79. The SMILES string of the molecule is [O]C1CCCCCCCCCC1=S. The molecule has 1 atom stereocenters. The summed E-state index contributed by atoms with van der Waals surface area (Å²) in [5.41, 5.74) is 0. The third-order valence-electron chi connectivity index (χ3n) is 2.75. The molecule has 0 aromatic carbocycles. The summed E-state index contributed by atoms with van der Waals surface area (Å²) in [4.78, 5) is 0.780. The van der Waals surface area contributed by atoms with Crippen LogP contribution in [0.3, 0.4) is 0 Å². The Morgan fingerprint density at radius 1 is 0.923 bits per heavy atom. The van der Waals surface area contributed by atoms with Crippen LogP contribution in [0.25, 0.3) is 0 Å². The number of hydrogen-bond acceptors (Lipinski definition) is 1. The van der Waals surface area contributed by atoms with E-state index in [-0.39, 0.29) is 0 Å². The standard InChI is InChI=1S/C11H19OS/c12-10-8-6-4-2-1-3-5-7-9-11(10)13/h10H,1-9H2. The average Bonchev–Trinajstić information content (AvgIpc) is 2.16. The van der Waals surface area contributed by atoms with E-state index in [9.17, 15) is 5.11 Å². The van der Waals surface area contributed by atoms with Crippen molar-refractivity contribution in [3.05, 3.63) is 0 Å². The third-order valence-corrected chi connectivity index (χ3v) is 3.22. The zero-order chi connectivity index (χ0) is 9.52. The minimum atomic E-state index is -0.548. The van der Waals surface area contributed by atoms with Gasteiger partial charge in [0.2, 0.25) is 0 Å². The lowest BCUT2D eigenvalue weighted by molar-refractivity contribution is 0.135. The van der Waals surface area contributed by atoms with Crippen LogP contribution in [0.15, 0.2) is 0 Å². The second-order valence-electron chi connectivity index (χ2n) is 3.97. The van der Waals surface area contributed by atoms with Crippen molar-refractivity contribution in [3.63, 3.8) is 0 Å². The fourth-order valence-electron chi connectivity index (χ4n) is 1.83. The van der Waals surface area contributed by atoms with Crippen molar-refractivity contribution in [2.45, 2.75) is 63.9 Å². The highest BCUT2D eigenvalue weighted by molar-refractivity contribution is 7.80. The predicted octanol–water partition coefficient (Wildman–Crippen LogP) is 3.68. The third kappa shape index (κ3) is 4.72. The van der Waals surface area contributed by atoms with Crippen LogP contribution < -0.4 is 0 Å². The van der Waals surface area contributed by atoms with Gasteiger partial charge < -0.3 is 0 Å². The Balaban J connectivity index is 2.31. The van der Waals surface area contributed by atoms with E-state index in [0.717, 1.165) is 30.5 Å². The Morgan fingerprint density at radius 2 is 1.46 bits per heavy atom. The molecule has 1 radical (unpaired) electrons. The van der Waals surface area contributed by atoms with Gasteiger partial charge in [-0.3, -0.25) is 0 Å². The Kier molecular flexibility index (Phi) is 5.56. The van der Waals surface area contributed by atoms with Gasteiger partial charge in [0, 0.05) is 4.86 Å². The minimum absolute atomic E-state index is 0.548. The maximum absolute atomic E-state index is 11.5. The van der Waals surface area contributed by atoms with Crippen LogP contribution in [0.4, 0.5) is 0 Å². The lowest BCUT2D eigenvalue weighted by Gasteiger charge is -2.08. The van der Waals surface area contributed by atoms with Crippen molar-refractivity contribution >= 4 is 17.1 Å². The summed E-state index contributed by atoms with van der Waals surface area (Å²) < 4.78 is 0. The molecule has 1 saturated carbocycles. The second-order valence-corrected chi connectivity index (χ2v) is 4.49. The van der Waals surface area contributed by atoms with Crippen LogP contribution in [-0.2, 0) is 5.11 Å². The molecule has 13 heavy (non-hydrogen) atoms. The van der Waals surface area contributed by atoms with Crippen molar-refractivity contribution < 1.29 is 5.11 Å². The highest BCUT2D eigenvalue weighted by Gasteiger charge is 2.12. The molecule has 1 aliphatic carbocycles. The van der Waals surface area contributed by atoms with E-state index in [4.69, 9.17) is 12.2 Å². The molecule has 0 spiro atoms. The van der Waals surface area contributed by atoms with Gasteiger partial charge in [-0.25, -0.2) is 5.11 Å². The molecule has 0 aliphatic heterocycles. The molecule has 1 rings (SSSR count). The van der Waals surface area contributed by atoms with Gasteiger partial charge >= 0.3 is 0 Å². The lowest BCUT2D eigenvalue weighted by Crippen LogP contribution is -2.16. The molecule has 0 bridgehead atoms. The lowest BCUT2D eigenvalue weighted by atomic mass is 10.1. The largest absolute Gasteiger partial charge is 0.227 e. The summed E-state index contributed by atoms with van der Waals surface area (Å²) in [6.45, 7) is 0. The first kappa shape index (κ1) is 11.1. The van der Waals surface area contributed by atoms with Crippen LogP contribution in [-0.4, -0.2) is 11.0 Å². The van der Waals surface area contributed by atoms with Crippen LogP contribution in [0, 0.1) is 0 Å². The first-order chi connectivity index (χ1) is 6.30. The quantitative estimate of drug-likeness (QED) is 0.545. The fraction of sp³-hybridized carbons (Fsp3) is 0.909. The first-order valence-electron chi connectivity index (χ1n) is 5.49. The summed E-state index contributed by atoms with van der Waals surface area (Å²) in [5, 5.41) is 11.5. The van der Waals surface area contributed by atoms with E-state index in [1.54, 1.807) is 0 Å². The Morgan fingerprint density at radius 3 is 2.15 bits per heavy atom. The Labute approximate surface area is 86.5 Å². The summed E-state index contributed by atoms with van der Waals surface area (Å²) in [5.74, 6) is 0. The molecule has 0 aromatic heterocycles. The van der Waals surface area contributed by atoms with Gasteiger partial charge in [-0.15, -0.1) is 0 Å². The molecule has 1 aliphatic rings. The van der Waals surface area contributed by atoms with Crippen LogP contribution >= 0.6 is 12.2 Å². The zero-order valence-corrected chi connectivity index (χ0v) is 9.07. The number of thiocarbonyl (C=S) groups is 1. The smallest absolute Gasteiger partial charge is 0.124 e. The Bertz CT molecular complexity index is 156. The molecule has 0 amide bonds. The van der Waals surface area contributed by atoms with E-state index in [2.05, 4.69) is 0 Å². The monoisotopic (exact) mass is 199 g/mol. The van der Waals surface area contributed by atoms with Gasteiger partial charge in [-0.2, -0.15) is 0 Å². The van der Waals surface area contributed by atoms with E-state index in [1.165, 1.54) is 32.1 Å². The molecular formula is C11H19OS. The minimum Gasteiger partial charge on any atom is -0.227 e. The van der Waals surface area contributed by atoms with Crippen LogP contribution in [0.2, 0.25) is 0 Å². The predicted molar refractivity (Wildman–Crippen MR) is 58.6 cm³/mol. The average molecular weight is 199 g/mol. The molecule has 0 saturated heterocycles. The highest BCUT2D eigenvalue weighted by atomic mass is 32.1. The molecule has 1 fully saturated rings. The van der Waals surface area contributed by atoms with Gasteiger partial charge in [0.05, 0.1) is 0 Å². The van der Waals surface area contributed by atoms with E-state index >= 15 is 0 Å². The van der Waals surface area contributed by atoms with E-state index in [0.29, 0.717) is 0 Å². The van der Waals surface area contributed by atoms with Crippen LogP contribution in [0.1, 0.15) is 57.8 Å². The highest BCUT2D eigenvalue weighted by Crippen LogP contribution is 2.15. The van der Waals surface area contributed by atoms with Crippen LogP contribution in [0.5, 0.6) is 0 Å². The maximum Gasteiger partial charge on any atom is 0.124 e. The Hall–Kier alpha value is 0.0500. The molecule has 0 aromatic rings. The van der Waals surface area contributed by atoms with Gasteiger partial charge in [-0.05, 0) is 19.3 Å². The number of hydrogen-bond donors (Lipinski definition) is 0. The van der Waals surface area contributed by atoms with Gasteiger partial charge in [0.15, 0.2) is 0 Å². The molecule has 1 unspecified atom stereocenters. The van der Waals surface area contributed by atoms with E-state index in [1.807, 2.05) is 0 Å². The molecule has 75 valence electrons.